The van der Waals surface area contributed by atoms with Crippen molar-refractivity contribution < 1.29 is 27.8 Å². The van der Waals surface area contributed by atoms with E-state index in [1.54, 1.807) is 12.1 Å². The van der Waals surface area contributed by atoms with Gasteiger partial charge >= 0.3 is 12.1 Å². The van der Waals surface area contributed by atoms with E-state index in [0.717, 1.165) is 35.6 Å². The van der Waals surface area contributed by atoms with Gasteiger partial charge < -0.3 is 15.2 Å². The first kappa shape index (κ1) is 21.4. The fourth-order valence-electron chi connectivity index (χ4n) is 3.66. The number of allylic oxidation sites excluding steroid dienone is 1. The zero-order valence-electron chi connectivity index (χ0n) is 16.8. The van der Waals surface area contributed by atoms with E-state index in [-0.39, 0.29) is 11.3 Å². The number of nitrogens with zero attached hydrogens (tertiary/aromatic N) is 1. The third-order valence-electron chi connectivity index (χ3n) is 5.17. The summed E-state index contributed by atoms with van der Waals surface area (Å²) in [5, 5.41) is 12.4. The molecule has 0 aliphatic heterocycles. The van der Waals surface area contributed by atoms with E-state index >= 15 is 0 Å². The number of hydrogen-bond acceptors (Lipinski definition) is 4. The molecule has 2 aromatic carbocycles. The number of aromatic carboxylic acids is 1. The van der Waals surface area contributed by atoms with E-state index in [0.29, 0.717) is 18.0 Å². The van der Waals surface area contributed by atoms with Gasteiger partial charge in [0.1, 0.15) is 11.5 Å². The highest BCUT2D eigenvalue weighted by Gasteiger charge is 2.34. The summed E-state index contributed by atoms with van der Waals surface area (Å²) in [6.45, 7) is 0.385. The molecule has 0 saturated heterocycles. The van der Waals surface area contributed by atoms with Crippen LogP contribution in [0.4, 0.5) is 18.9 Å². The Morgan fingerprint density at radius 1 is 1.16 bits per heavy atom. The van der Waals surface area contributed by atoms with Crippen molar-refractivity contribution in [2.75, 3.05) is 11.9 Å². The number of alkyl halides is 3. The Morgan fingerprint density at radius 3 is 2.75 bits per heavy atom. The molecule has 164 valence electrons. The van der Waals surface area contributed by atoms with Gasteiger partial charge in [-0.15, -0.1) is 0 Å². The van der Waals surface area contributed by atoms with Crippen molar-refractivity contribution in [2.45, 2.75) is 19.0 Å². The molecule has 4 rings (SSSR count). The predicted molar refractivity (Wildman–Crippen MR) is 114 cm³/mol. The van der Waals surface area contributed by atoms with Crippen LogP contribution in [0.3, 0.4) is 0 Å². The van der Waals surface area contributed by atoms with Gasteiger partial charge in [-0.25, -0.2) is 4.79 Å². The van der Waals surface area contributed by atoms with Gasteiger partial charge in [-0.05, 0) is 59.9 Å². The summed E-state index contributed by atoms with van der Waals surface area (Å²) in [6.07, 6.45) is 1.92. The van der Waals surface area contributed by atoms with E-state index in [9.17, 15) is 23.1 Å². The Labute approximate surface area is 182 Å². The Hall–Kier alpha value is -3.81. The molecule has 5 nitrogen and oxygen atoms in total. The highest BCUT2D eigenvalue weighted by atomic mass is 19.4. The fraction of sp³-hybridized carbons (Fsp3) is 0.167. The number of para-hydroxylation sites is 1. The van der Waals surface area contributed by atoms with Crippen LogP contribution in [0.5, 0.6) is 11.5 Å². The smallest absolute Gasteiger partial charge is 0.419 e. The van der Waals surface area contributed by atoms with Crippen LogP contribution in [0.2, 0.25) is 0 Å². The van der Waals surface area contributed by atoms with E-state index in [4.69, 9.17) is 4.74 Å². The maximum Gasteiger partial charge on any atom is 0.419 e. The van der Waals surface area contributed by atoms with E-state index in [1.807, 2.05) is 6.07 Å². The van der Waals surface area contributed by atoms with Gasteiger partial charge in [-0.2, -0.15) is 13.2 Å². The first-order valence-electron chi connectivity index (χ1n) is 9.90. The zero-order chi connectivity index (χ0) is 22.7. The Bertz CT molecular complexity index is 1190. The Kier molecular flexibility index (Phi) is 5.85. The van der Waals surface area contributed by atoms with Crippen molar-refractivity contribution in [1.82, 2.24) is 4.98 Å². The molecule has 0 unspecified atom stereocenters. The molecule has 0 amide bonds. The zero-order valence-corrected chi connectivity index (χ0v) is 16.8. The largest absolute Gasteiger partial charge is 0.478 e. The van der Waals surface area contributed by atoms with Crippen molar-refractivity contribution in [3.05, 3.63) is 89.3 Å². The van der Waals surface area contributed by atoms with Crippen LogP contribution in [-0.4, -0.2) is 22.6 Å². The summed E-state index contributed by atoms with van der Waals surface area (Å²) in [4.78, 5) is 15.3. The number of anilines is 1. The maximum absolute atomic E-state index is 13.2. The lowest BCUT2D eigenvalue weighted by molar-refractivity contribution is -0.138. The lowest BCUT2D eigenvalue weighted by atomic mass is 9.90. The van der Waals surface area contributed by atoms with Gasteiger partial charge in [0, 0.05) is 12.7 Å². The molecule has 0 atom stereocenters. The van der Waals surface area contributed by atoms with Gasteiger partial charge in [0.05, 0.1) is 23.0 Å². The number of benzene rings is 2. The van der Waals surface area contributed by atoms with Crippen LogP contribution >= 0.6 is 0 Å². The van der Waals surface area contributed by atoms with Crippen LogP contribution in [-0.2, 0) is 12.6 Å². The monoisotopic (exact) mass is 440 g/mol. The number of hydrogen-bond donors (Lipinski definition) is 2. The van der Waals surface area contributed by atoms with Crippen LogP contribution < -0.4 is 10.1 Å². The van der Waals surface area contributed by atoms with Crippen molar-refractivity contribution in [3.8, 4) is 11.5 Å². The van der Waals surface area contributed by atoms with Crippen molar-refractivity contribution >= 4 is 17.2 Å². The number of carboxylic acids is 1. The van der Waals surface area contributed by atoms with Gasteiger partial charge in [-0.1, -0.05) is 24.3 Å². The Morgan fingerprint density at radius 2 is 1.97 bits per heavy atom. The Balaban J connectivity index is 1.54. The summed E-state index contributed by atoms with van der Waals surface area (Å²) in [7, 11) is 0. The van der Waals surface area contributed by atoms with Crippen LogP contribution in [0.1, 0.15) is 33.5 Å². The molecule has 0 fully saturated rings. The lowest BCUT2D eigenvalue weighted by Crippen LogP contribution is -2.12. The number of aryl methyl sites for hydroxylation is 1. The second-order valence-corrected chi connectivity index (χ2v) is 7.26. The highest BCUT2D eigenvalue weighted by molar-refractivity contribution is 5.94. The number of carboxylic acid groups (broad SMARTS) is 1. The highest BCUT2D eigenvalue weighted by Crippen LogP contribution is 2.39. The number of fused-ring (bicyclic) bond motifs is 1. The number of nitrogens with one attached hydrogen (secondary N) is 1. The number of rotatable bonds is 6. The normalized spacial score (nSPS) is 13.2. The van der Waals surface area contributed by atoms with Gasteiger partial charge in [0.2, 0.25) is 0 Å². The molecule has 0 spiro atoms. The number of carbonyl (C=O) groups is 1. The molecule has 2 N–H and O–H groups in total. The van der Waals surface area contributed by atoms with Crippen LogP contribution in [0, 0.1) is 0 Å². The molecule has 0 saturated carbocycles. The minimum Gasteiger partial charge on any atom is -0.478 e. The number of halogens is 3. The van der Waals surface area contributed by atoms with E-state index in [2.05, 4.69) is 16.4 Å². The molecule has 32 heavy (non-hydrogen) atoms. The average molecular weight is 440 g/mol. The summed E-state index contributed by atoms with van der Waals surface area (Å²) < 4.78 is 45.3. The third-order valence-corrected chi connectivity index (χ3v) is 5.17. The van der Waals surface area contributed by atoms with Gasteiger partial charge in [0.15, 0.2) is 0 Å². The van der Waals surface area contributed by atoms with Crippen molar-refractivity contribution in [3.63, 3.8) is 0 Å². The number of pyridine rings is 1. The SMILES string of the molecule is O=C(O)c1ccncc1NCC1=CCCc2cc(Oc3ccccc3C(F)(F)F)ccc21. The minimum atomic E-state index is -4.51. The molecule has 3 aromatic rings. The summed E-state index contributed by atoms with van der Waals surface area (Å²) in [5.74, 6) is -0.963. The standard InChI is InChI=1S/C24H19F3N2O3/c25-24(26,27)20-6-1-2-7-22(20)32-17-8-9-18-15(12-17)4-3-5-16(18)13-29-21-14-28-11-10-19(21)23(30)31/h1-2,5-12,14,29H,3-4,13H2,(H,30,31). The molecule has 8 heteroatoms. The molecule has 0 bridgehead atoms. The van der Waals surface area contributed by atoms with E-state index < -0.39 is 17.7 Å². The first-order valence-corrected chi connectivity index (χ1v) is 9.90. The topological polar surface area (TPSA) is 71.5 Å². The molecule has 1 heterocycles. The maximum atomic E-state index is 13.2. The third kappa shape index (κ3) is 4.59. The average Bonchev–Trinajstić information content (AvgIpc) is 2.77. The van der Waals surface area contributed by atoms with Crippen LogP contribution in [0.25, 0.3) is 5.57 Å². The molecule has 1 aromatic heterocycles. The van der Waals surface area contributed by atoms with Gasteiger partial charge in [0.25, 0.3) is 0 Å². The second kappa shape index (κ2) is 8.74. The molecular formula is C24H19F3N2O3. The fourth-order valence-corrected chi connectivity index (χ4v) is 3.66. The number of aromatic nitrogens is 1. The molecule has 0 radical (unpaired) electrons. The summed E-state index contributed by atoms with van der Waals surface area (Å²) in [6, 6.07) is 11.7. The molecule has 1 aliphatic carbocycles. The van der Waals surface area contributed by atoms with Crippen molar-refractivity contribution in [1.29, 1.82) is 0 Å². The van der Waals surface area contributed by atoms with E-state index in [1.165, 1.54) is 36.7 Å². The molecule has 1 aliphatic rings. The van der Waals surface area contributed by atoms with Crippen LogP contribution in [0.15, 0.2) is 67.0 Å². The summed E-state index contributed by atoms with van der Waals surface area (Å²) in [5.41, 5.74) is 2.58. The van der Waals surface area contributed by atoms with Crippen molar-refractivity contribution in [2.24, 2.45) is 0 Å². The first-order chi connectivity index (χ1) is 15.3. The lowest BCUT2D eigenvalue weighted by Gasteiger charge is -2.20. The molecular weight excluding hydrogens is 421 g/mol. The minimum absolute atomic E-state index is 0.128. The van der Waals surface area contributed by atoms with Gasteiger partial charge in [-0.3, -0.25) is 4.98 Å². The predicted octanol–water partition coefficient (Wildman–Crippen LogP) is 6.03. The quantitative estimate of drug-likeness (QED) is 0.490. The number of ether oxygens (including phenoxy) is 1. The summed E-state index contributed by atoms with van der Waals surface area (Å²) >= 11 is 0. The second-order valence-electron chi connectivity index (χ2n) is 7.26.